The third-order valence-electron chi connectivity index (χ3n) is 1.03. The summed E-state index contributed by atoms with van der Waals surface area (Å²) in [6.07, 6.45) is 2.78. The molecule has 1 aromatic heterocycles. The Morgan fingerprint density at radius 3 is 2.92 bits per heavy atom. The summed E-state index contributed by atoms with van der Waals surface area (Å²) in [5.41, 5.74) is 5.42. The van der Waals surface area contributed by atoms with Crippen molar-refractivity contribution in [2.45, 2.75) is 0 Å². The Morgan fingerprint density at radius 1 is 1.67 bits per heavy atom. The van der Waals surface area contributed by atoms with E-state index in [1.54, 1.807) is 6.07 Å². The lowest BCUT2D eigenvalue weighted by Crippen LogP contribution is -2.38. The van der Waals surface area contributed by atoms with Crippen LogP contribution in [0.4, 0.5) is 10.5 Å². The highest BCUT2D eigenvalue weighted by molar-refractivity contribution is 6.00. The predicted molar refractivity (Wildman–Crippen MR) is 42.8 cm³/mol. The first-order valence-corrected chi connectivity index (χ1v) is 3.12. The quantitative estimate of drug-likeness (QED) is 0.358. The van der Waals surface area contributed by atoms with Gasteiger partial charge in [0.25, 0.3) is 0 Å². The molecule has 64 valence electrons. The summed E-state index contributed by atoms with van der Waals surface area (Å²) in [4.78, 5) is 10.8. The fourth-order valence-corrected chi connectivity index (χ4v) is 0.620. The van der Waals surface area contributed by atoms with Gasteiger partial charge in [-0.25, -0.2) is 4.79 Å². The summed E-state index contributed by atoms with van der Waals surface area (Å²) in [5.74, 6) is -0.406. The van der Waals surface area contributed by atoms with Gasteiger partial charge in [-0.3, -0.25) is 10.7 Å². The van der Waals surface area contributed by atoms with E-state index < -0.39 is 12.0 Å². The number of furan rings is 1. The van der Waals surface area contributed by atoms with Gasteiger partial charge in [0.05, 0.1) is 12.0 Å². The van der Waals surface area contributed by atoms with Crippen molar-refractivity contribution in [3.05, 3.63) is 18.6 Å². The number of nitrogens with two attached hydrogens (primary N) is 1. The molecule has 0 unspecified atom stereocenters. The minimum absolute atomic E-state index is 0.406. The Kier molecular flexibility index (Phi) is 2.32. The molecule has 0 aliphatic rings. The molecular weight excluding hydrogens is 160 g/mol. The maximum absolute atomic E-state index is 10.8. The van der Waals surface area contributed by atoms with E-state index in [-0.39, 0.29) is 0 Å². The molecule has 0 saturated carbocycles. The van der Waals surface area contributed by atoms with Crippen molar-refractivity contribution in [2.75, 3.05) is 5.32 Å². The van der Waals surface area contributed by atoms with Gasteiger partial charge in [0.2, 0.25) is 0 Å². The molecular formula is C6H8N4O2. The van der Waals surface area contributed by atoms with E-state index in [0.717, 1.165) is 0 Å². The predicted octanol–water partition coefficient (Wildman–Crippen LogP) is 0.295. The van der Waals surface area contributed by atoms with Crippen molar-refractivity contribution in [3.63, 3.8) is 0 Å². The minimum atomic E-state index is -0.566. The summed E-state index contributed by atoms with van der Waals surface area (Å²) in [6.45, 7) is 0. The lowest BCUT2D eigenvalue weighted by atomic mass is 10.5. The van der Waals surface area contributed by atoms with Gasteiger partial charge in [-0.1, -0.05) is 0 Å². The molecule has 0 radical (unpaired) electrons. The number of hydrogen-bond acceptors (Lipinski definition) is 3. The van der Waals surface area contributed by atoms with Gasteiger partial charge < -0.3 is 15.5 Å². The van der Waals surface area contributed by atoms with Crippen LogP contribution in [0.5, 0.6) is 0 Å². The van der Waals surface area contributed by atoms with Crippen molar-refractivity contribution in [2.24, 2.45) is 5.73 Å². The van der Waals surface area contributed by atoms with E-state index >= 15 is 0 Å². The molecule has 0 aliphatic carbocycles. The van der Waals surface area contributed by atoms with Gasteiger partial charge in [0.15, 0.2) is 5.96 Å². The lowest BCUT2D eigenvalue weighted by Gasteiger charge is -2.01. The number of rotatable bonds is 1. The Hall–Kier alpha value is -1.98. The van der Waals surface area contributed by atoms with Gasteiger partial charge >= 0.3 is 6.03 Å². The summed E-state index contributed by atoms with van der Waals surface area (Å²) >= 11 is 0. The summed E-state index contributed by atoms with van der Waals surface area (Å²) in [6, 6.07) is 1.00. The summed E-state index contributed by atoms with van der Waals surface area (Å²) in [5, 5.41) is 11.2. The highest BCUT2D eigenvalue weighted by Crippen LogP contribution is 2.05. The molecule has 2 amide bonds. The van der Waals surface area contributed by atoms with Crippen molar-refractivity contribution in [1.82, 2.24) is 5.32 Å². The normalized spacial score (nSPS) is 9.00. The van der Waals surface area contributed by atoms with Gasteiger partial charge in [0.1, 0.15) is 6.26 Å². The molecule has 0 bridgehead atoms. The highest BCUT2D eigenvalue weighted by Gasteiger charge is 2.01. The fraction of sp³-hybridized carbons (Fsp3) is 0. The van der Waals surface area contributed by atoms with E-state index in [1.807, 2.05) is 0 Å². The number of carbonyl (C=O) groups is 1. The number of guanidine groups is 1. The highest BCUT2D eigenvalue weighted by atomic mass is 16.3. The second kappa shape index (κ2) is 3.42. The number of nitrogens with one attached hydrogen (secondary N) is 3. The van der Waals surface area contributed by atoms with Crippen LogP contribution >= 0.6 is 0 Å². The van der Waals surface area contributed by atoms with Crippen LogP contribution in [-0.4, -0.2) is 12.0 Å². The van der Waals surface area contributed by atoms with Crippen molar-refractivity contribution < 1.29 is 9.21 Å². The largest absolute Gasteiger partial charge is 0.470 e. The first-order valence-electron chi connectivity index (χ1n) is 3.12. The fourth-order valence-electron chi connectivity index (χ4n) is 0.620. The van der Waals surface area contributed by atoms with Gasteiger partial charge in [-0.05, 0) is 0 Å². The second-order valence-electron chi connectivity index (χ2n) is 2.00. The number of anilines is 1. The van der Waals surface area contributed by atoms with Crippen molar-refractivity contribution >= 4 is 17.7 Å². The molecule has 0 aromatic carbocycles. The molecule has 0 aliphatic heterocycles. The van der Waals surface area contributed by atoms with Gasteiger partial charge in [-0.2, -0.15) is 0 Å². The first-order chi connectivity index (χ1) is 5.68. The molecule has 6 heteroatoms. The van der Waals surface area contributed by atoms with Crippen LogP contribution in [-0.2, 0) is 0 Å². The summed E-state index contributed by atoms with van der Waals surface area (Å²) < 4.78 is 4.69. The standard InChI is InChI=1S/C6H8N4O2/c7-5(8)10-6(11)9-4-1-2-12-3-4/h1-3H,(H5,7,8,9,10,11). The molecule has 1 heterocycles. The molecule has 6 nitrogen and oxygen atoms in total. The monoisotopic (exact) mass is 168 g/mol. The van der Waals surface area contributed by atoms with Crippen LogP contribution in [0, 0.1) is 5.41 Å². The zero-order valence-electron chi connectivity index (χ0n) is 6.13. The number of urea groups is 1. The molecule has 0 atom stereocenters. The zero-order chi connectivity index (χ0) is 8.97. The molecule has 1 aromatic rings. The summed E-state index contributed by atoms with van der Waals surface area (Å²) in [7, 11) is 0. The van der Waals surface area contributed by atoms with Gasteiger partial charge in [-0.15, -0.1) is 0 Å². The van der Waals surface area contributed by atoms with Crippen LogP contribution in [0.2, 0.25) is 0 Å². The van der Waals surface area contributed by atoms with E-state index in [4.69, 9.17) is 15.6 Å². The molecule has 12 heavy (non-hydrogen) atoms. The van der Waals surface area contributed by atoms with E-state index in [9.17, 15) is 4.79 Å². The number of hydrogen-bond donors (Lipinski definition) is 4. The smallest absolute Gasteiger partial charge is 0.326 e. The Bertz CT molecular complexity index is 280. The molecule has 0 spiro atoms. The minimum Gasteiger partial charge on any atom is -0.470 e. The van der Waals surface area contributed by atoms with Crippen molar-refractivity contribution in [1.29, 1.82) is 5.41 Å². The molecule has 0 saturated heterocycles. The zero-order valence-corrected chi connectivity index (χ0v) is 6.13. The topological polar surface area (TPSA) is 104 Å². The second-order valence-corrected chi connectivity index (χ2v) is 2.00. The maximum Gasteiger partial charge on any atom is 0.326 e. The van der Waals surface area contributed by atoms with Gasteiger partial charge in [0, 0.05) is 6.07 Å². The van der Waals surface area contributed by atoms with E-state index in [1.165, 1.54) is 12.5 Å². The average molecular weight is 168 g/mol. The third-order valence-corrected chi connectivity index (χ3v) is 1.03. The SMILES string of the molecule is N=C(N)NC(=O)Nc1ccoc1. The van der Waals surface area contributed by atoms with Crippen LogP contribution in [0.25, 0.3) is 0 Å². The van der Waals surface area contributed by atoms with E-state index in [0.29, 0.717) is 5.69 Å². The van der Waals surface area contributed by atoms with Crippen LogP contribution in [0.3, 0.4) is 0 Å². The van der Waals surface area contributed by atoms with E-state index in [2.05, 4.69) is 10.6 Å². The van der Waals surface area contributed by atoms with Crippen LogP contribution in [0.1, 0.15) is 0 Å². The van der Waals surface area contributed by atoms with Crippen molar-refractivity contribution in [3.8, 4) is 0 Å². The first kappa shape index (κ1) is 8.12. The molecule has 5 N–H and O–H groups in total. The number of carbonyl (C=O) groups excluding carboxylic acids is 1. The third kappa shape index (κ3) is 2.33. The maximum atomic E-state index is 10.8. The lowest BCUT2D eigenvalue weighted by molar-refractivity contribution is 0.256. The Labute approximate surface area is 68.2 Å². The molecule has 1 rings (SSSR count). The van der Waals surface area contributed by atoms with Crippen LogP contribution < -0.4 is 16.4 Å². The van der Waals surface area contributed by atoms with Crippen LogP contribution in [0.15, 0.2) is 23.0 Å². The number of amides is 2. The Morgan fingerprint density at radius 2 is 2.42 bits per heavy atom. The average Bonchev–Trinajstić information content (AvgIpc) is 2.37. The Balaban J connectivity index is 2.42. The molecule has 0 fully saturated rings.